The average Bonchev–Trinajstić information content (AvgIpc) is 3.17. The quantitative estimate of drug-likeness (QED) is 0.593. The molecule has 0 radical (unpaired) electrons. The van der Waals surface area contributed by atoms with Crippen LogP contribution < -0.4 is 10.6 Å². The minimum Gasteiger partial charge on any atom is -0.376 e. The number of guanidine groups is 1. The molecule has 1 unspecified atom stereocenters. The fraction of sp³-hybridized carbons (Fsp3) is 0.765. The van der Waals surface area contributed by atoms with Gasteiger partial charge in [0.1, 0.15) is 0 Å². The second-order valence-corrected chi connectivity index (χ2v) is 5.91. The zero-order valence-electron chi connectivity index (χ0n) is 15.0. The van der Waals surface area contributed by atoms with Gasteiger partial charge in [0.25, 0.3) is 0 Å². The summed E-state index contributed by atoms with van der Waals surface area (Å²) < 4.78 is 7.66. The Morgan fingerprint density at radius 1 is 1.30 bits per heavy atom. The van der Waals surface area contributed by atoms with Crippen LogP contribution in [0.5, 0.6) is 0 Å². The molecule has 0 aromatic carbocycles. The van der Waals surface area contributed by atoms with Crippen molar-refractivity contribution in [2.75, 3.05) is 19.7 Å². The predicted molar refractivity (Wildman–Crippen MR) is 93.8 cm³/mol. The first kappa shape index (κ1) is 17.8. The van der Waals surface area contributed by atoms with Gasteiger partial charge >= 0.3 is 0 Å². The van der Waals surface area contributed by atoms with Gasteiger partial charge in [0.05, 0.1) is 18.3 Å². The number of aromatic nitrogens is 2. The van der Waals surface area contributed by atoms with E-state index in [1.807, 2.05) is 11.7 Å². The molecular formula is C17H31N5O. The van der Waals surface area contributed by atoms with Gasteiger partial charge in [-0.25, -0.2) is 4.99 Å². The maximum absolute atomic E-state index is 5.66. The summed E-state index contributed by atoms with van der Waals surface area (Å²) in [4.78, 5) is 4.76. The van der Waals surface area contributed by atoms with Crippen LogP contribution in [0.1, 0.15) is 50.6 Å². The van der Waals surface area contributed by atoms with Crippen molar-refractivity contribution in [3.8, 4) is 0 Å². The lowest BCUT2D eigenvalue weighted by molar-refractivity contribution is 0.114. The SMILES string of the molecule is CCNC(=NCc1c(CC)nn(C)c1CC)NCC1CCCO1. The van der Waals surface area contributed by atoms with Crippen LogP contribution >= 0.6 is 0 Å². The first-order valence-electron chi connectivity index (χ1n) is 8.86. The molecule has 6 nitrogen and oxygen atoms in total. The Kier molecular flexibility index (Phi) is 6.89. The van der Waals surface area contributed by atoms with Crippen LogP contribution in [0.25, 0.3) is 0 Å². The van der Waals surface area contributed by atoms with E-state index in [0.29, 0.717) is 12.6 Å². The Labute approximate surface area is 139 Å². The second kappa shape index (κ2) is 8.91. The highest BCUT2D eigenvalue weighted by atomic mass is 16.5. The number of aliphatic imine (C=N–C) groups is 1. The molecule has 1 aromatic heterocycles. The zero-order chi connectivity index (χ0) is 16.7. The molecule has 1 aliphatic heterocycles. The molecule has 2 N–H and O–H groups in total. The van der Waals surface area contributed by atoms with E-state index >= 15 is 0 Å². The lowest BCUT2D eigenvalue weighted by atomic mass is 10.1. The van der Waals surface area contributed by atoms with Crippen LogP contribution in [0, 0.1) is 0 Å². The van der Waals surface area contributed by atoms with Gasteiger partial charge in [0, 0.05) is 38.0 Å². The van der Waals surface area contributed by atoms with Crippen LogP contribution in [-0.4, -0.2) is 41.5 Å². The molecule has 0 bridgehead atoms. The molecular weight excluding hydrogens is 290 g/mol. The monoisotopic (exact) mass is 321 g/mol. The summed E-state index contributed by atoms with van der Waals surface area (Å²) in [6.45, 7) is 9.63. The average molecular weight is 321 g/mol. The molecule has 2 rings (SSSR count). The third-order valence-electron chi connectivity index (χ3n) is 4.29. The fourth-order valence-electron chi connectivity index (χ4n) is 3.09. The van der Waals surface area contributed by atoms with Crippen molar-refractivity contribution in [1.29, 1.82) is 0 Å². The highest BCUT2D eigenvalue weighted by molar-refractivity contribution is 5.79. The van der Waals surface area contributed by atoms with Gasteiger partial charge in [-0.1, -0.05) is 13.8 Å². The lowest BCUT2D eigenvalue weighted by Crippen LogP contribution is -2.41. The van der Waals surface area contributed by atoms with Gasteiger partial charge in [0.2, 0.25) is 0 Å². The number of hydrogen-bond donors (Lipinski definition) is 2. The molecule has 0 amide bonds. The summed E-state index contributed by atoms with van der Waals surface area (Å²) >= 11 is 0. The normalized spacial score (nSPS) is 18.4. The molecule has 130 valence electrons. The van der Waals surface area contributed by atoms with Crippen molar-refractivity contribution in [3.63, 3.8) is 0 Å². The summed E-state index contributed by atoms with van der Waals surface area (Å²) in [6, 6.07) is 0. The summed E-state index contributed by atoms with van der Waals surface area (Å²) in [5.74, 6) is 0.857. The largest absolute Gasteiger partial charge is 0.376 e. The molecule has 1 aliphatic rings. The van der Waals surface area contributed by atoms with E-state index in [9.17, 15) is 0 Å². The van der Waals surface area contributed by atoms with E-state index in [2.05, 4.69) is 36.5 Å². The van der Waals surface area contributed by atoms with Crippen LogP contribution in [0.3, 0.4) is 0 Å². The number of rotatable bonds is 7. The maximum atomic E-state index is 5.66. The Bertz CT molecular complexity index is 517. The van der Waals surface area contributed by atoms with Crippen molar-refractivity contribution in [2.45, 2.75) is 59.1 Å². The molecule has 23 heavy (non-hydrogen) atoms. The minimum absolute atomic E-state index is 0.314. The van der Waals surface area contributed by atoms with Gasteiger partial charge in [-0.3, -0.25) is 4.68 Å². The van der Waals surface area contributed by atoms with Gasteiger partial charge < -0.3 is 15.4 Å². The summed E-state index contributed by atoms with van der Waals surface area (Å²) in [7, 11) is 2.02. The molecule has 2 heterocycles. The molecule has 0 saturated carbocycles. The second-order valence-electron chi connectivity index (χ2n) is 5.91. The van der Waals surface area contributed by atoms with Crippen molar-refractivity contribution in [2.24, 2.45) is 12.0 Å². The van der Waals surface area contributed by atoms with E-state index in [1.165, 1.54) is 11.3 Å². The standard InChI is InChI=1S/C17H31N5O/c1-5-15-14(16(6-2)22(4)21-15)12-20-17(18-7-3)19-11-13-9-8-10-23-13/h13H,5-12H2,1-4H3,(H2,18,19,20). The molecule has 0 spiro atoms. The predicted octanol–water partition coefficient (Wildman–Crippen LogP) is 1.78. The molecule has 1 aromatic rings. The Hall–Kier alpha value is -1.56. The fourth-order valence-corrected chi connectivity index (χ4v) is 3.09. The van der Waals surface area contributed by atoms with Gasteiger partial charge in [0.15, 0.2) is 5.96 Å². The number of nitrogens with one attached hydrogen (secondary N) is 2. The third-order valence-corrected chi connectivity index (χ3v) is 4.29. The molecule has 6 heteroatoms. The van der Waals surface area contributed by atoms with Crippen LogP contribution in [-0.2, 0) is 31.2 Å². The first-order chi connectivity index (χ1) is 11.2. The first-order valence-corrected chi connectivity index (χ1v) is 8.86. The number of ether oxygens (including phenoxy) is 1. The Morgan fingerprint density at radius 3 is 2.74 bits per heavy atom. The summed E-state index contributed by atoms with van der Waals surface area (Å²) in [5, 5.41) is 11.3. The molecule has 1 saturated heterocycles. The van der Waals surface area contributed by atoms with E-state index in [4.69, 9.17) is 9.73 Å². The van der Waals surface area contributed by atoms with E-state index < -0.39 is 0 Å². The van der Waals surface area contributed by atoms with Crippen LogP contribution in [0.2, 0.25) is 0 Å². The van der Waals surface area contributed by atoms with E-state index in [-0.39, 0.29) is 0 Å². The highest BCUT2D eigenvalue weighted by Crippen LogP contribution is 2.16. The van der Waals surface area contributed by atoms with Crippen molar-refractivity contribution < 1.29 is 4.74 Å². The minimum atomic E-state index is 0.314. The van der Waals surface area contributed by atoms with Crippen molar-refractivity contribution in [1.82, 2.24) is 20.4 Å². The van der Waals surface area contributed by atoms with Crippen molar-refractivity contribution in [3.05, 3.63) is 17.0 Å². The van der Waals surface area contributed by atoms with E-state index in [0.717, 1.165) is 57.0 Å². The molecule has 1 fully saturated rings. The maximum Gasteiger partial charge on any atom is 0.191 e. The molecule has 1 atom stereocenters. The van der Waals surface area contributed by atoms with Gasteiger partial charge in [-0.05, 0) is 32.6 Å². The molecule has 0 aliphatic carbocycles. The summed E-state index contributed by atoms with van der Waals surface area (Å²) in [5.41, 5.74) is 3.70. The Morgan fingerprint density at radius 2 is 2.13 bits per heavy atom. The van der Waals surface area contributed by atoms with Crippen molar-refractivity contribution >= 4 is 5.96 Å². The van der Waals surface area contributed by atoms with Gasteiger partial charge in [-0.15, -0.1) is 0 Å². The topological polar surface area (TPSA) is 63.5 Å². The van der Waals surface area contributed by atoms with Gasteiger partial charge in [-0.2, -0.15) is 5.10 Å². The smallest absolute Gasteiger partial charge is 0.191 e. The summed E-state index contributed by atoms with van der Waals surface area (Å²) in [6.07, 6.45) is 4.53. The lowest BCUT2D eigenvalue weighted by Gasteiger charge is -2.15. The van der Waals surface area contributed by atoms with Crippen LogP contribution in [0.4, 0.5) is 0 Å². The van der Waals surface area contributed by atoms with E-state index in [1.54, 1.807) is 0 Å². The Balaban J connectivity index is 2.04. The zero-order valence-corrected chi connectivity index (χ0v) is 15.0. The third kappa shape index (κ3) is 4.70. The van der Waals surface area contributed by atoms with Crippen LogP contribution in [0.15, 0.2) is 4.99 Å². The number of nitrogens with zero attached hydrogens (tertiary/aromatic N) is 3. The number of aryl methyl sites for hydroxylation is 2. The number of hydrogen-bond acceptors (Lipinski definition) is 3. The highest BCUT2D eigenvalue weighted by Gasteiger charge is 2.16.